The molecule has 0 bridgehead atoms. The molecule has 0 amide bonds. The average Bonchev–Trinajstić information content (AvgIpc) is 2.37. The van der Waals surface area contributed by atoms with Gasteiger partial charge in [-0.1, -0.05) is 12.1 Å². The van der Waals surface area contributed by atoms with E-state index < -0.39 is 11.6 Å². The molecule has 1 unspecified atom stereocenters. The summed E-state index contributed by atoms with van der Waals surface area (Å²) in [6.07, 6.45) is 0. The first-order valence-corrected chi connectivity index (χ1v) is 6.43. The normalized spacial score (nSPS) is 14.1. The molecule has 20 heavy (non-hydrogen) atoms. The Hall–Kier alpha value is -1.81. The SMILES string of the molecule is CC(N[C@@H](C)c1cccc(F)c1)c1cc(F)cc(F)c1. The monoisotopic (exact) mass is 279 g/mol. The summed E-state index contributed by atoms with van der Waals surface area (Å²) in [4.78, 5) is 0. The van der Waals surface area contributed by atoms with Crippen LogP contribution < -0.4 is 5.32 Å². The van der Waals surface area contributed by atoms with Crippen LogP contribution in [0.1, 0.15) is 37.1 Å². The third kappa shape index (κ3) is 3.61. The molecule has 2 atom stereocenters. The first-order chi connectivity index (χ1) is 9.45. The number of benzene rings is 2. The van der Waals surface area contributed by atoms with Gasteiger partial charge in [-0.3, -0.25) is 0 Å². The van der Waals surface area contributed by atoms with Crippen molar-refractivity contribution in [3.8, 4) is 0 Å². The largest absolute Gasteiger partial charge is 0.304 e. The molecule has 0 radical (unpaired) electrons. The fourth-order valence-corrected chi connectivity index (χ4v) is 2.17. The molecule has 0 fully saturated rings. The minimum Gasteiger partial charge on any atom is -0.304 e. The lowest BCUT2D eigenvalue weighted by Gasteiger charge is -2.21. The van der Waals surface area contributed by atoms with E-state index in [0.717, 1.165) is 11.6 Å². The zero-order valence-corrected chi connectivity index (χ0v) is 11.3. The summed E-state index contributed by atoms with van der Waals surface area (Å²) >= 11 is 0. The molecule has 1 N–H and O–H groups in total. The predicted octanol–water partition coefficient (Wildman–Crippen LogP) is 4.52. The van der Waals surface area contributed by atoms with Gasteiger partial charge < -0.3 is 5.32 Å². The third-order valence-electron chi connectivity index (χ3n) is 3.23. The van der Waals surface area contributed by atoms with E-state index in [-0.39, 0.29) is 17.9 Å². The zero-order valence-electron chi connectivity index (χ0n) is 11.3. The van der Waals surface area contributed by atoms with Gasteiger partial charge in [0.1, 0.15) is 17.5 Å². The lowest BCUT2D eigenvalue weighted by molar-refractivity contribution is 0.485. The Morgan fingerprint density at radius 1 is 0.750 bits per heavy atom. The van der Waals surface area contributed by atoms with Gasteiger partial charge in [-0.2, -0.15) is 0 Å². The highest BCUT2D eigenvalue weighted by Gasteiger charge is 2.13. The van der Waals surface area contributed by atoms with Gasteiger partial charge in [0.25, 0.3) is 0 Å². The first kappa shape index (κ1) is 14.6. The van der Waals surface area contributed by atoms with Crippen molar-refractivity contribution < 1.29 is 13.2 Å². The second kappa shape index (κ2) is 6.09. The summed E-state index contributed by atoms with van der Waals surface area (Å²) in [5.41, 5.74) is 1.31. The quantitative estimate of drug-likeness (QED) is 0.868. The second-order valence-electron chi connectivity index (χ2n) is 4.87. The van der Waals surface area contributed by atoms with E-state index in [4.69, 9.17) is 0 Å². The maximum absolute atomic E-state index is 13.2. The van der Waals surface area contributed by atoms with Crippen LogP contribution in [0.25, 0.3) is 0 Å². The Kier molecular flexibility index (Phi) is 4.45. The second-order valence-corrected chi connectivity index (χ2v) is 4.87. The molecule has 2 rings (SSSR count). The van der Waals surface area contributed by atoms with Crippen molar-refractivity contribution in [2.45, 2.75) is 25.9 Å². The van der Waals surface area contributed by atoms with Crippen LogP contribution in [0.4, 0.5) is 13.2 Å². The summed E-state index contributed by atoms with van der Waals surface area (Å²) in [6.45, 7) is 3.69. The maximum Gasteiger partial charge on any atom is 0.126 e. The summed E-state index contributed by atoms with van der Waals surface area (Å²) in [7, 11) is 0. The predicted molar refractivity (Wildman–Crippen MR) is 72.7 cm³/mol. The van der Waals surface area contributed by atoms with Crippen molar-refractivity contribution in [3.63, 3.8) is 0 Å². The molecule has 1 nitrogen and oxygen atoms in total. The smallest absolute Gasteiger partial charge is 0.126 e. The highest BCUT2D eigenvalue weighted by Crippen LogP contribution is 2.21. The van der Waals surface area contributed by atoms with Crippen molar-refractivity contribution in [2.24, 2.45) is 0 Å². The maximum atomic E-state index is 13.2. The van der Waals surface area contributed by atoms with Crippen LogP contribution in [0, 0.1) is 17.5 Å². The van der Waals surface area contributed by atoms with Crippen LogP contribution in [-0.4, -0.2) is 0 Å². The molecule has 0 saturated carbocycles. The molecular formula is C16H16F3N. The topological polar surface area (TPSA) is 12.0 Å². The fraction of sp³-hybridized carbons (Fsp3) is 0.250. The number of halogens is 3. The standard InChI is InChI=1S/C16H16F3N/c1-10(12-4-3-5-14(17)6-12)20-11(2)13-7-15(18)9-16(19)8-13/h3-11,20H,1-2H3/t10-,11?/m0/s1. The average molecular weight is 279 g/mol. The molecule has 4 heteroatoms. The van der Waals surface area contributed by atoms with Gasteiger partial charge in [-0.05, 0) is 49.2 Å². The van der Waals surface area contributed by atoms with Gasteiger partial charge in [-0.15, -0.1) is 0 Å². The summed E-state index contributed by atoms with van der Waals surface area (Å²) in [5.74, 6) is -1.51. The van der Waals surface area contributed by atoms with Crippen LogP contribution in [0.15, 0.2) is 42.5 Å². The molecule has 0 aliphatic heterocycles. The van der Waals surface area contributed by atoms with E-state index in [9.17, 15) is 13.2 Å². The lowest BCUT2D eigenvalue weighted by atomic mass is 10.0. The highest BCUT2D eigenvalue weighted by atomic mass is 19.1. The number of hydrogen-bond acceptors (Lipinski definition) is 1. The Morgan fingerprint density at radius 2 is 1.30 bits per heavy atom. The van der Waals surface area contributed by atoms with E-state index >= 15 is 0 Å². The van der Waals surface area contributed by atoms with Gasteiger partial charge in [0.05, 0.1) is 0 Å². The van der Waals surface area contributed by atoms with Gasteiger partial charge >= 0.3 is 0 Å². The minimum absolute atomic E-state index is 0.132. The minimum atomic E-state index is -0.605. The Morgan fingerprint density at radius 3 is 1.90 bits per heavy atom. The molecule has 2 aromatic rings. The van der Waals surface area contributed by atoms with E-state index in [0.29, 0.717) is 5.56 Å². The molecule has 0 aliphatic carbocycles. The fourth-order valence-electron chi connectivity index (χ4n) is 2.17. The molecule has 0 heterocycles. The van der Waals surface area contributed by atoms with Gasteiger partial charge in [0, 0.05) is 18.2 Å². The lowest BCUT2D eigenvalue weighted by Crippen LogP contribution is -2.22. The molecule has 106 valence electrons. The van der Waals surface area contributed by atoms with E-state index in [1.54, 1.807) is 12.1 Å². The van der Waals surface area contributed by atoms with Crippen LogP contribution in [0.5, 0.6) is 0 Å². The van der Waals surface area contributed by atoms with Crippen molar-refractivity contribution >= 4 is 0 Å². The molecule has 0 saturated heterocycles. The van der Waals surface area contributed by atoms with Crippen LogP contribution in [0.2, 0.25) is 0 Å². The van der Waals surface area contributed by atoms with E-state index in [1.165, 1.54) is 24.3 Å². The summed E-state index contributed by atoms with van der Waals surface area (Å²) in [6, 6.07) is 9.29. The molecule has 0 aliphatic rings. The summed E-state index contributed by atoms with van der Waals surface area (Å²) < 4.78 is 39.5. The van der Waals surface area contributed by atoms with Crippen molar-refractivity contribution in [1.29, 1.82) is 0 Å². The number of rotatable bonds is 4. The summed E-state index contributed by atoms with van der Waals surface area (Å²) in [5, 5.41) is 3.19. The Labute approximate surface area is 116 Å². The van der Waals surface area contributed by atoms with Crippen LogP contribution in [0.3, 0.4) is 0 Å². The number of nitrogens with one attached hydrogen (secondary N) is 1. The van der Waals surface area contributed by atoms with Gasteiger partial charge in [-0.25, -0.2) is 13.2 Å². The van der Waals surface area contributed by atoms with E-state index in [2.05, 4.69) is 5.32 Å². The molecule has 0 aromatic heterocycles. The Balaban J connectivity index is 2.12. The van der Waals surface area contributed by atoms with Crippen molar-refractivity contribution in [3.05, 3.63) is 71.0 Å². The third-order valence-corrected chi connectivity index (χ3v) is 3.23. The molecule has 2 aromatic carbocycles. The van der Waals surface area contributed by atoms with Gasteiger partial charge in [0.15, 0.2) is 0 Å². The van der Waals surface area contributed by atoms with Gasteiger partial charge in [0.2, 0.25) is 0 Å². The van der Waals surface area contributed by atoms with Crippen molar-refractivity contribution in [2.75, 3.05) is 0 Å². The molecular weight excluding hydrogens is 263 g/mol. The number of hydrogen-bond donors (Lipinski definition) is 1. The van der Waals surface area contributed by atoms with Crippen LogP contribution in [-0.2, 0) is 0 Å². The first-order valence-electron chi connectivity index (χ1n) is 6.43. The molecule has 0 spiro atoms. The van der Waals surface area contributed by atoms with Crippen LogP contribution >= 0.6 is 0 Å². The van der Waals surface area contributed by atoms with Crippen molar-refractivity contribution in [1.82, 2.24) is 5.32 Å². The van der Waals surface area contributed by atoms with E-state index in [1.807, 2.05) is 13.8 Å². The zero-order chi connectivity index (χ0) is 14.7. The highest BCUT2D eigenvalue weighted by molar-refractivity contribution is 5.23. The Bertz CT molecular complexity index is 578.